The lowest BCUT2D eigenvalue weighted by molar-refractivity contribution is -0.149. The number of ether oxygens (including phenoxy) is 1. The molecule has 0 radical (unpaired) electrons. The molecule has 0 heterocycles. The quantitative estimate of drug-likeness (QED) is 0.604. The van der Waals surface area contributed by atoms with Crippen molar-refractivity contribution in [2.45, 2.75) is 76.3 Å². The second-order valence-corrected chi connectivity index (χ2v) is 6.08. The maximum absolute atomic E-state index is 12.2. The van der Waals surface area contributed by atoms with E-state index >= 15 is 0 Å². The van der Waals surface area contributed by atoms with Crippen LogP contribution >= 0.6 is 0 Å². The Morgan fingerprint density at radius 1 is 1.28 bits per heavy atom. The van der Waals surface area contributed by atoms with E-state index in [4.69, 9.17) is 4.74 Å². The van der Waals surface area contributed by atoms with Crippen molar-refractivity contribution in [1.29, 1.82) is 0 Å². The van der Waals surface area contributed by atoms with Crippen LogP contribution in [0.25, 0.3) is 0 Å². The molecule has 2 aliphatic rings. The van der Waals surface area contributed by atoms with E-state index in [2.05, 4.69) is 12.2 Å². The average Bonchev–Trinajstić information content (AvgIpc) is 3.18. The van der Waals surface area contributed by atoms with Crippen LogP contribution in [0.5, 0.6) is 0 Å². The number of esters is 1. The largest absolute Gasteiger partial charge is 0.468 e. The van der Waals surface area contributed by atoms with Crippen molar-refractivity contribution < 1.29 is 9.53 Å². The van der Waals surface area contributed by atoms with Gasteiger partial charge in [-0.2, -0.15) is 0 Å². The van der Waals surface area contributed by atoms with Crippen LogP contribution in [0.15, 0.2) is 0 Å². The fourth-order valence-electron chi connectivity index (χ4n) is 3.33. The summed E-state index contributed by atoms with van der Waals surface area (Å²) in [7, 11) is 1.52. The number of methoxy groups -OCH3 is 1. The molecule has 3 nitrogen and oxygen atoms in total. The zero-order valence-corrected chi connectivity index (χ0v) is 11.8. The minimum atomic E-state index is -0.377. The van der Waals surface area contributed by atoms with Gasteiger partial charge in [0.05, 0.1) is 7.11 Å². The maximum Gasteiger partial charge on any atom is 0.326 e. The highest BCUT2D eigenvalue weighted by molar-refractivity contribution is 5.80. The first-order chi connectivity index (χ1) is 8.70. The molecule has 1 N–H and O–H groups in total. The molecule has 2 atom stereocenters. The minimum absolute atomic E-state index is 0.0356. The van der Waals surface area contributed by atoms with Gasteiger partial charge in [0.1, 0.15) is 5.54 Å². The molecule has 0 aliphatic heterocycles. The van der Waals surface area contributed by atoms with Gasteiger partial charge >= 0.3 is 5.97 Å². The SMILES string of the molecule is CCCC1CCCC(NC2CC2)(C(=O)OC)CC1. The Labute approximate surface area is 111 Å². The zero-order valence-electron chi connectivity index (χ0n) is 11.8. The zero-order chi connectivity index (χ0) is 13.0. The van der Waals surface area contributed by atoms with Crippen LogP contribution in [-0.4, -0.2) is 24.7 Å². The second-order valence-electron chi connectivity index (χ2n) is 6.08. The number of carbonyl (C=O) groups is 1. The standard InChI is InChI=1S/C15H27NO2/c1-3-5-12-6-4-10-15(11-9-12,14(17)18-2)16-13-7-8-13/h12-13,16H,3-11H2,1-2H3. The van der Waals surface area contributed by atoms with Crippen molar-refractivity contribution in [3.8, 4) is 0 Å². The van der Waals surface area contributed by atoms with E-state index in [1.54, 1.807) is 0 Å². The second kappa shape index (κ2) is 6.05. The molecule has 2 fully saturated rings. The molecule has 0 aromatic heterocycles. The van der Waals surface area contributed by atoms with Crippen LogP contribution in [0.4, 0.5) is 0 Å². The number of hydrogen-bond acceptors (Lipinski definition) is 3. The Kier molecular flexibility index (Phi) is 4.66. The van der Waals surface area contributed by atoms with E-state index in [0.29, 0.717) is 6.04 Å². The Balaban J connectivity index is 2.01. The molecule has 3 heteroatoms. The van der Waals surface area contributed by atoms with Crippen LogP contribution in [0.1, 0.15) is 64.7 Å². The van der Waals surface area contributed by atoms with Gasteiger partial charge in [0.2, 0.25) is 0 Å². The lowest BCUT2D eigenvalue weighted by Gasteiger charge is -2.31. The topological polar surface area (TPSA) is 38.3 Å². The summed E-state index contributed by atoms with van der Waals surface area (Å²) in [5.74, 6) is 0.772. The lowest BCUT2D eigenvalue weighted by atomic mass is 9.88. The number of carbonyl (C=O) groups excluding carboxylic acids is 1. The van der Waals surface area contributed by atoms with Gasteiger partial charge in [-0.25, -0.2) is 0 Å². The van der Waals surface area contributed by atoms with Gasteiger partial charge in [-0.3, -0.25) is 10.1 Å². The predicted octanol–water partition coefficient (Wildman–Crippen LogP) is 3.03. The van der Waals surface area contributed by atoms with Crippen molar-refractivity contribution in [3.63, 3.8) is 0 Å². The van der Waals surface area contributed by atoms with E-state index in [9.17, 15) is 4.79 Å². The molecule has 0 amide bonds. The summed E-state index contributed by atoms with van der Waals surface area (Å²) in [5, 5.41) is 3.59. The molecule has 0 aromatic carbocycles. The van der Waals surface area contributed by atoms with Gasteiger partial charge < -0.3 is 4.74 Å². The van der Waals surface area contributed by atoms with Crippen LogP contribution in [-0.2, 0) is 9.53 Å². The Morgan fingerprint density at radius 2 is 2.06 bits per heavy atom. The summed E-state index contributed by atoms with van der Waals surface area (Å²) in [6.45, 7) is 2.25. The van der Waals surface area contributed by atoms with E-state index in [1.165, 1.54) is 45.6 Å². The average molecular weight is 253 g/mol. The van der Waals surface area contributed by atoms with Crippen molar-refractivity contribution in [2.24, 2.45) is 5.92 Å². The highest BCUT2D eigenvalue weighted by Crippen LogP contribution is 2.36. The third kappa shape index (κ3) is 3.25. The van der Waals surface area contributed by atoms with Gasteiger partial charge in [-0.15, -0.1) is 0 Å². The fourth-order valence-corrected chi connectivity index (χ4v) is 3.33. The molecule has 2 saturated carbocycles. The molecule has 2 rings (SSSR count). The number of hydrogen-bond donors (Lipinski definition) is 1. The lowest BCUT2D eigenvalue weighted by Crippen LogP contribution is -2.53. The van der Waals surface area contributed by atoms with Gasteiger partial charge in [0.15, 0.2) is 0 Å². The number of nitrogens with one attached hydrogen (secondary N) is 1. The van der Waals surface area contributed by atoms with Gasteiger partial charge in [0, 0.05) is 6.04 Å². The summed E-state index contributed by atoms with van der Waals surface area (Å²) >= 11 is 0. The van der Waals surface area contributed by atoms with E-state index < -0.39 is 0 Å². The molecular weight excluding hydrogens is 226 g/mol. The highest BCUT2D eigenvalue weighted by atomic mass is 16.5. The molecule has 2 aliphatic carbocycles. The smallest absolute Gasteiger partial charge is 0.326 e. The molecule has 0 saturated heterocycles. The molecule has 104 valence electrons. The first-order valence-corrected chi connectivity index (χ1v) is 7.56. The highest BCUT2D eigenvalue weighted by Gasteiger charge is 2.44. The molecule has 18 heavy (non-hydrogen) atoms. The van der Waals surface area contributed by atoms with E-state index in [-0.39, 0.29) is 11.5 Å². The summed E-state index contributed by atoms with van der Waals surface area (Å²) in [4.78, 5) is 12.2. The molecular formula is C15H27NO2. The van der Waals surface area contributed by atoms with Gasteiger partial charge in [0.25, 0.3) is 0 Å². The van der Waals surface area contributed by atoms with E-state index in [1.807, 2.05) is 0 Å². The maximum atomic E-state index is 12.2. The summed E-state index contributed by atoms with van der Waals surface area (Å²) in [5.41, 5.74) is -0.377. The molecule has 0 spiro atoms. The monoisotopic (exact) mass is 253 g/mol. The van der Waals surface area contributed by atoms with Gasteiger partial charge in [-0.1, -0.05) is 32.6 Å². The third-order valence-corrected chi connectivity index (χ3v) is 4.53. The van der Waals surface area contributed by atoms with Crippen molar-refractivity contribution in [3.05, 3.63) is 0 Å². The molecule has 0 aromatic rings. The minimum Gasteiger partial charge on any atom is -0.468 e. The Morgan fingerprint density at radius 3 is 2.67 bits per heavy atom. The summed E-state index contributed by atoms with van der Waals surface area (Å²) in [6, 6.07) is 0.562. The molecule has 2 unspecified atom stereocenters. The van der Waals surface area contributed by atoms with Crippen molar-refractivity contribution >= 4 is 5.97 Å². The normalized spacial score (nSPS) is 32.9. The summed E-state index contributed by atoms with van der Waals surface area (Å²) < 4.78 is 5.07. The van der Waals surface area contributed by atoms with Crippen molar-refractivity contribution in [1.82, 2.24) is 5.32 Å². The third-order valence-electron chi connectivity index (χ3n) is 4.53. The summed E-state index contributed by atoms with van der Waals surface area (Å²) in [6.07, 6.45) is 10.5. The fraction of sp³-hybridized carbons (Fsp3) is 0.933. The van der Waals surface area contributed by atoms with Crippen LogP contribution < -0.4 is 5.32 Å². The van der Waals surface area contributed by atoms with Crippen LogP contribution in [0, 0.1) is 5.92 Å². The van der Waals surface area contributed by atoms with Crippen LogP contribution in [0.2, 0.25) is 0 Å². The van der Waals surface area contributed by atoms with Crippen LogP contribution in [0.3, 0.4) is 0 Å². The van der Waals surface area contributed by atoms with Crippen molar-refractivity contribution in [2.75, 3.05) is 7.11 Å². The first kappa shape index (κ1) is 13.9. The Bertz CT molecular complexity index is 288. The first-order valence-electron chi connectivity index (χ1n) is 7.56. The predicted molar refractivity (Wildman–Crippen MR) is 72.4 cm³/mol. The molecule has 0 bridgehead atoms. The number of rotatable bonds is 5. The Hall–Kier alpha value is -0.570. The van der Waals surface area contributed by atoms with Gasteiger partial charge in [-0.05, 0) is 38.0 Å². The van der Waals surface area contributed by atoms with E-state index in [0.717, 1.165) is 25.2 Å².